The molecule has 104 valence electrons. The van der Waals surface area contributed by atoms with Crippen molar-refractivity contribution in [3.63, 3.8) is 0 Å². The number of carbonyl (C=O) groups is 1. The lowest BCUT2D eigenvalue weighted by molar-refractivity contribution is 0.0982. The first-order valence-electron chi connectivity index (χ1n) is 5.94. The smallest absolute Gasteiger partial charge is 0.236 e. The van der Waals surface area contributed by atoms with Crippen LogP contribution in [0.1, 0.15) is 22.5 Å². The standard InChI is InChI=1S/C14H12FIN2O2/c1-20-14-11(17-8-13(16)18-14)6-7-12(19)9-2-4-10(15)5-3-9/h2-5,8H,6-7H2,1H3. The fourth-order valence-corrected chi connectivity index (χ4v) is 2.08. The highest BCUT2D eigenvalue weighted by atomic mass is 127. The summed E-state index contributed by atoms with van der Waals surface area (Å²) in [4.78, 5) is 20.4. The van der Waals surface area contributed by atoms with E-state index in [0.717, 1.165) is 3.70 Å². The maximum Gasteiger partial charge on any atom is 0.236 e. The van der Waals surface area contributed by atoms with Crippen molar-refractivity contribution in [2.24, 2.45) is 0 Å². The van der Waals surface area contributed by atoms with E-state index in [1.807, 2.05) is 22.6 Å². The second-order valence-corrected chi connectivity index (χ2v) is 5.18. The van der Waals surface area contributed by atoms with Gasteiger partial charge in [0.05, 0.1) is 13.3 Å². The van der Waals surface area contributed by atoms with Gasteiger partial charge in [0, 0.05) is 18.4 Å². The molecule has 20 heavy (non-hydrogen) atoms. The van der Waals surface area contributed by atoms with Crippen molar-refractivity contribution in [3.8, 4) is 5.88 Å². The maximum atomic E-state index is 12.8. The predicted molar refractivity (Wildman–Crippen MR) is 80.4 cm³/mol. The molecule has 2 rings (SSSR count). The number of methoxy groups -OCH3 is 1. The SMILES string of the molecule is COc1nc(I)cnc1CCC(=O)c1ccc(F)cc1. The van der Waals surface area contributed by atoms with E-state index in [1.54, 1.807) is 6.20 Å². The molecule has 2 aromatic rings. The Labute approximate surface area is 129 Å². The molecule has 0 radical (unpaired) electrons. The van der Waals surface area contributed by atoms with Crippen LogP contribution < -0.4 is 4.74 Å². The van der Waals surface area contributed by atoms with Crippen LogP contribution in [0.3, 0.4) is 0 Å². The average Bonchev–Trinajstić information content (AvgIpc) is 2.46. The topological polar surface area (TPSA) is 52.1 Å². The van der Waals surface area contributed by atoms with E-state index >= 15 is 0 Å². The number of nitrogens with zero attached hydrogens (tertiary/aromatic N) is 2. The Kier molecular flexibility index (Phi) is 4.99. The van der Waals surface area contributed by atoms with Gasteiger partial charge in [-0.3, -0.25) is 9.78 Å². The van der Waals surface area contributed by atoms with Gasteiger partial charge >= 0.3 is 0 Å². The molecular formula is C14H12FIN2O2. The largest absolute Gasteiger partial charge is 0.480 e. The van der Waals surface area contributed by atoms with Gasteiger partial charge in [-0.1, -0.05) is 0 Å². The summed E-state index contributed by atoms with van der Waals surface area (Å²) in [6, 6.07) is 5.51. The molecule has 1 heterocycles. The summed E-state index contributed by atoms with van der Waals surface area (Å²) in [6.07, 6.45) is 2.33. The molecule has 0 aliphatic heterocycles. The highest BCUT2D eigenvalue weighted by molar-refractivity contribution is 14.1. The molecule has 0 spiro atoms. The predicted octanol–water partition coefficient (Wildman–Crippen LogP) is 3.04. The summed E-state index contributed by atoms with van der Waals surface area (Å²) in [5.74, 6) is 0.0166. The van der Waals surface area contributed by atoms with Crippen LogP contribution in [-0.2, 0) is 6.42 Å². The van der Waals surface area contributed by atoms with E-state index in [9.17, 15) is 9.18 Å². The number of aromatic nitrogens is 2. The summed E-state index contributed by atoms with van der Waals surface area (Å²) in [7, 11) is 1.52. The maximum absolute atomic E-state index is 12.8. The second-order valence-electron chi connectivity index (χ2n) is 4.08. The number of ether oxygens (including phenoxy) is 1. The molecule has 6 heteroatoms. The number of hydrogen-bond donors (Lipinski definition) is 0. The summed E-state index contributed by atoms with van der Waals surface area (Å²) < 4.78 is 18.7. The lowest BCUT2D eigenvalue weighted by Gasteiger charge is -2.06. The first kappa shape index (κ1) is 14.8. The fourth-order valence-electron chi connectivity index (χ4n) is 1.72. The van der Waals surface area contributed by atoms with Crippen LogP contribution in [0.4, 0.5) is 4.39 Å². The normalized spacial score (nSPS) is 10.3. The van der Waals surface area contributed by atoms with E-state index < -0.39 is 0 Å². The van der Waals surface area contributed by atoms with E-state index in [4.69, 9.17) is 4.74 Å². The molecule has 1 aromatic carbocycles. The highest BCUT2D eigenvalue weighted by Gasteiger charge is 2.11. The van der Waals surface area contributed by atoms with Gasteiger partial charge < -0.3 is 4.74 Å². The van der Waals surface area contributed by atoms with Crippen LogP contribution in [-0.4, -0.2) is 22.9 Å². The number of hydrogen-bond acceptors (Lipinski definition) is 4. The zero-order valence-electron chi connectivity index (χ0n) is 10.8. The first-order chi connectivity index (χ1) is 9.60. The molecule has 1 aromatic heterocycles. The van der Waals surface area contributed by atoms with Gasteiger partial charge in [0.15, 0.2) is 5.78 Å². The van der Waals surface area contributed by atoms with E-state index in [1.165, 1.54) is 31.4 Å². The molecule has 4 nitrogen and oxygen atoms in total. The minimum absolute atomic E-state index is 0.0626. The Morgan fingerprint density at radius 2 is 2.05 bits per heavy atom. The van der Waals surface area contributed by atoms with Gasteiger partial charge in [0.1, 0.15) is 15.2 Å². The second kappa shape index (κ2) is 6.74. The van der Waals surface area contributed by atoms with Crippen LogP contribution in [0.2, 0.25) is 0 Å². The molecule has 0 fully saturated rings. The van der Waals surface area contributed by atoms with E-state index in [-0.39, 0.29) is 18.0 Å². The van der Waals surface area contributed by atoms with E-state index in [2.05, 4.69) is 9.97 Å². The minimum Gasteiger partial charge on any atom is -0.480 e. The third-order valence-corrected chi connectivity index (χ3v) is 3.25. The molecule has 0 saturated carbocycles. The van der Waals surface area contributed by atoms with Crippen molar-refractivity contribution in [2.75, 3.05) is 7.11 Å². The van der Waals surface area contributed by atoms with Gasteiger partial charge in [-0.25, -0.2) is 9.37 Å². The molecule has 0 aliphatic carbocycles. The molecule has 0 unspecified atom stereocenters. The lowest BCUT2D eigenvalue weighted by atomic mass is 10.1. The summed E-state index contributed by atoms with van der Waals surface area (Å²) in [5.41, 5.74) is 1.13. The molecule has 0 N–H and O–H groups in total. The molecule has 0 bridgehead atoms. The van der Waals surface area contributed by atoms with Crippen molar-refractivity contribution in [1.29, 1.82) is 0 Å². The summed E-state index contributed by atoms with van der Waals surface area (Å²) in [6.45, 7) is 0. The Balaban J connectivity index is 2.05. The van der Waals surface area contributed by atoms with Gasteiger partial charge in [0.2, 0.25) is 5.88 Å². The van der Waals surface area contributed by atoms with Crippen molar-refractivity contribution in [1.82, 2.24) is 9.97 Å². The Bertz CT molecular complexity index is 617. The molecule has 0 saturated heterocycles. The average molecular weight is 386 g/mol. The highest BCUT2D eigenvalue weighted by Crippen LogP contribution is 2.17. The Morgan fingerprint density at radius 3 is 2.70 bits per heavy atom. The van der Waals surface area contributed by atoms with Gasteiger partial charge in [-0.15, -0.1) is 0 Å². The number of Topliss-reactive ketones (excluding diaryl/α,β-unsaturated/α-hetero) is 1. The van der Waals surface area contributed by atoms with E-state index in [0.29, 0.717) is 23.6 Å². The molecule has 0 amide bonds. The van der Waals surface area contributed by atoms with Crippen LogP contribution in [0, 0.1) is 9.52 Å². The van der Waals surface area contributed by atoms with Gasteiger partial charge in [0.25, 0.3) is 0 Å². The number of ketones is 1. The van der Waals surface area contributed by atoms with Crippen molar-refractivity contribution in [3.05, 3.63) is 51.2 Å². The summed E-state index contributed by atoms with van der Waals surface area (Å²) in [5, 5.41) is 0. The lowest BCUT2D eigenvalue weighted by Crippen LogP contribution is -2.05. The number of rotatable bonds is 5. The zero-order valence-corrected chi connectivity index (χ0v) is 12.9. The Hall–Kier alpha value is -1.57. The van der Waals surface area contributed by atoms with Crippen LogP contribution >= 0.6 is 22.6 Å². The quantitative estimate of drug-likeness (QED) is 0.586. The van der Waals surface area contributed by atoms with Crippen LogP contribution in [0.25, 0.3) is 0 Å². The fraction of sp³-hybridized carbons (Fsp3) is 0.214. The number of aryl methyl sites for hydroxylation is 1. The third-order valence-electron chi connectivity index (χ3n) is 2.73. The van der Waals surface area contributed by atoms with Crippen molar-refractivity contribution < 1.29 is 13.9 Å². The number of carbonyl (C=O) groups excluding carboxylic acids is 1. The molecule has 0 atom stereocenters. The first-order valence-corrected chi connectivity index (χ1v) is 7.02. The minimum atomic E-state index is -0.355. The third kappa shape index (κ3) is 3.72. The molecular weight excluding hydrogens is 374 g/mol. The Morgan fingerprint density at radius 1 is 1.35 bits per heavy atom. The monoisotopic (exact) mass is 386 g/mol. The zero-order chi connectivity index (χ0) is 14.5. The van der Waals surface area contributed by atoms with Crippen molar-refractivity contribution >= 4 is 28.4 Å². The van der Waals surface area contributed by atoms with Gasteiger partial charge in [-0.05, 0) is 46.9 Å². The number of benzene rings is 1. The van der Waals surface area contributed by atoms with Gasteiger partial charge in [-0.2, -0.15) is 0 Å². The van der Waals surface area contributed by atoms with Crippen molar-refractivity contribution in [2.45, 2.75) is 12.8 Å². The van der Waals surface area contributed by atoms with Crippen LogP contribution in [0.5, 0.6) is 5.88 Å². The van der Waals surface area contributed by atoms with Crippen LogP contribution in [0.15, 0.2) is 30.5 Å². The summed E-state index contributed by atoms with van der Waals surface area (Å²) >= 11 is 2.04. The molecule has 0 aliphatic rings. The number of halogens is 2.